The predicted molar refractivity (Wildman–Crippen MR) is 162 cm³/mol. The minimum atomic E-state index is -2.03. The van der Waals surface area contributed by atoms with Gasteiger partial charge in [0.25, 0.3) is 0 Å². The van der Waals surface area contributed by atoms with Crippen LogP contribution in [0.5, 0.6) is 0 Å². The lowest BCUT2D eigenvalue weighted by molar-refractivity contribution is -0.224. The molecule has 3 heterocycles. The van der Waals surface area contributed by atoms with E-state index in [2.05, 4.69) is 10.1 Å². The van der Waals surface area contributed by atoms with Crippen LogP contribution < -0.4 is 0 Å². The van der Waals surface area contributed by atoms with Gasteiger partial charge < -0.3 is 14.6 Å². The quantitative estimate of drug-likeness (QED) is 0.323. The van der Waals surface area contributed by atoms with Crippen molar-refractivity contribution < 1.29 is 33.0 Å². The molecule has 2 aromatic heterocycles. The van der Waals surface area contributed by atoms with Crippen molar-refractivity contribution in [3.05, 3.63) is 47.3 Å². The van der Waals surface area contributed by atoms with Crippen LogP contribution in [0.3, 0.4) is 0 Å². The van der Waals surface area contributed by atoms with Crippen molar-refractivity contribution in [1.82, 2.24) is 14.8 Å². The summed E-state index contributed by atoms with van der Waals surface area (Å²) in [5.74, 6) is -2.38. The average molecular weight is 641 g/mol. The van der Waals surface area contributed by atoms with Gasteiger partial charge in [-0.2, -0.15) is 14.8 Å². The number of esters is 1. The number of rotatable bonds is 7. The van der Waals surface area contributed by atoms with Crippen molar-refractivity contribution in [3.8, 4) is 11.8 Å². The SMILES string of the molecule is CCC(OC(=O)C1CCOC1)(C(=O)SCC#N)C1(C)CC(O)C2(F)C(CCC3=Cc4c(cnn4-c4ccc(F)nc4)CC32C)C1. The van der Waals surface area contributed by atoms with Crippen molar-refractivity contribution in [2.45, 2.75) is 83.1 Å². The van der Waals surface area contributed by atoms with E-state index in [-0.39, 0.29) is 31.6 Å². The van der Waals surface area contributed by atoms with E-state index in [0.29, 0.717) is 38.0 Å². The minimum absolute atomic E-state index is 0.0998. The Morgan fingerprint density at radius 2 is 2.09 bits per heavy atom. The molecule has 2 aromatic rings. The molecule has 240 valence electrons. The van der Waals surface area contributed by atoms with Crippen LogP contribution in [0.15, 0.2) is 30.1 Å². The summed E-state index contributed by atoms with van der Waals surface area (Å²) in [6.07, 6.45) is 5.59. The van der Waals surface area contributed by atoms with Crippen molar-refractivity contribution in [2.75, 3.05) is 19.0 Å². The molecule has 0 radical (unpaired) electrons. The number of alkyl halides is 1. The Morgan fingerprint density at radius 3 is 2.76 bits per heavy atom. The smallest absolute Gasteiger partial charge is 0.312 e. The fourth-order valence-electron chi connectivity index (χ4n) is 8.59. The van der Waals surface area contributed by atoms with Gasteiger partial charge in [0.05, 0.1) is 54.2 Å². The molecule has 4 aliphatic rings. The second-order valence-corrected chi connectivity index (χ2v) is 14.3. The Labute approximate surface area is 265 Å². The van der Waals surface area contributed by atoms with Crippen molar-refractivity contribution >= 4 is 28.9 Å². The van der Waals surface area contributed by atoms with E-state index in [1.165, 1.54) is 12.3 Å². The lowest BCUT2D eigenvalue weighted by Crippen LogP contribution is -2.69. The first-order chi connectivity index (χ1) is 21.4. The number of ether oxygens (including phenoxy) is 2. The molecule has 7 unspecified atom stereocenters. The molecule has 45 heavy (non-hydrogen) atoms. The van der Waals surface area contributed by atoms with Crippen molar-refractivity contribution in [3.63, 3.8) is 0 Å². The van der Waals surface area contributed by atoms with Gasteiger partial charge in [0, 0.05) is 17.4 Å². The van der Waals surface area contributed by atoms with Gasteiger partial charge in [-0.05, 0) is 74.6 Å². The lowest BCUT2D eigenvalue weighted by atomic mass is 9.45. The van der Waals surface area contributed by atoms with Gasteiger partial charge in [-0.15, -0.1) is 0 Å². The summed E-state index contributed by atoms with van der Waals surface area (Å²) in [7, 11) is 0. The highest BCUT2D eigenvalue weighted by Crippen LogP contribution is 2.66. The molecule has 3 fully saturated rings. The molecular formula is C33H38F2N4O5S. The lowest BCUT2D eigenvalue weighted by Gasteiger charge is -2.62. The molecule has 1 N–H and O–H groups in total. The van der Waals surface area contributed by atoms with E-state index >= 15 is 4.39 Å². The maximum atomic E-state index is 17.9. The van der Waals surface area contributed by atoms with E-state index in [1.54, 1.807) is 23.9 Å². The molecule has 1 aliphatic heterocycles. The van der Waals surface area contributed by atoms with Gasteiger partial charge in [0.15, 0.2) is 5.60 Å². The van der Waals surface area contributed by atoms with Crippen LogP contribution in [-0.4, -0.2) is 67.3 Å². The number of fused-ring (bicyclic) bond motifs is 4. The summed E-state index contributed by atoms with van der Waals surface area (Å²) in [5, 5.41) is 25.2. The molecule has 12 heteroatoms. The number of aliphatic hydroxyl groups excluding tert-OH is 1. The number of halogens is 2. The summed E-state index contributed by atoms with van der Waals surface area (Å²) < 4.78 is 44.6. The first kappa shape index (κ1) is 31.8. The second-order valence-electron chi connectivity index (χ2n) is 13.4. The zero-order valence-corrected chi connectivity index (χ0v) is 26.5. The summed E-state index contributed by atoms with van der Waals surface area (Å²) >= 11 is 0.798. The molecular weight excluding hydrogens is 602 g/mol. The van der Waals surface area contributed by atoms with Crippen molar-refractivity contribution in [1.29, 1.82) is 5.26 Å². The van der Waals surface area contributed by atoms with Gasteiger partial charge in [-0.25, -0.2) is 14.1 Å². The molecule has 6 rings (SSSR count). The van der Waals surface area contributed by atoms with Gasteiger partial charge in [0.2, 0.25) is 11.1 Å². The molecule has 2 saturated carbocycles. The van der Waals surface area contributed by atoms with E-state index in [0.717, 1.165) is 28.6 Å². The third kappa shape index (κ3) is 4.84. The van der Waals surface area contributed by atoms with Crippen LogP contribution in [0.25, 0.3) is 11.8 Å². The largest absolute Gasteiger partial charge is 0.449 e. The average Bonchev–Trinajstić information content (AvgIpc) is 3.70. The minimum Gasteiger partial charge on any atom is -0.449 e. The Hall–Kier alpha value is -3.14. The predicted octanol–water partition coefficient (Wildman–Crippen LogP) is 5.14. The summed E-state index contributed by atoms with van der Waals surface area (Å²) in [6.45, 7) is 6.07. The first-order valence-electron chi connectivity index (χ1n) is 15.5. The van der Waals surface area contributed by atoms with E-state index < -0.39 is 57.1 Å². The number of carbonyl (C=O) groups excluding carboxylic acids is 2. The zero-order chi connectivity index (χ0) is 32.2. The highest BCUT2D eigenvalue weighted by atomic mass is 32.2. The number of nitriles is 1. The topological polar surface area (TPSA) is 127 Å². The Morgan fingerprint density at radius 1 is 1.29 bits per heavy atom. The Balaban J connectivity index is 1.34. The van der Waals surface area contributed by atoms with Gasteiger partial charge in [-0.3, -0.25) is 9.59 Å². The number of thioether (sulfide) groups is 1. The number of carbonyl (C=O) groups is 2. The fraction of sp³-hybridized carbons (Fsp3) is 0.606. The molecule has 0 bridgehead atoms. The van der Waals surface area contributed by atoms with Crippen LogP contribution in [-0.2, 0) is 25.5 Å². The zero-order valence-electron chi connectivity index (χ0n) is 25.7. The second kappa shape index (κ2) is 11.6. The molecule has 1 saturated heterocycles. The maximum absolute atomic E-state index is 17.9. The summed E-state index contributed by atoms with van der Waals surface area (Å²) in [4.78, 5) is 31.0. The Bertz CT molecular complexity index is 1570. The van der Waals surface area contributed by atoms with E-state index in [4.69, 9.17) is 9.47 Å². The van der Waals surface area contributed by atoms with Crippen LogP contribution in [0.4, 0.5) is 8.78 Å². The molecule has 0 spiro atoms. The highest BCUT2D eigenvalue weighted by molar-refractivity contribution is 8.14. The normalized spacial score (nSPS) is 33.5. The number of aliphatic hydroxyl groups is 1. The number of nitrogens with zero attached hydrogens (tertiary/aromatic N) is 4. The van der Waals surface area contributed by atoms with Crippen LogP contribution in [0, 0.1) is 39.9 Å². The molecule has 9 nitrogen and oxygen atoms in total. The first-order valence-corrected chi connectivity index (χ1v) is 16.5. The molecule has 0 amide bonds. The summed E-state index contributed by atoms with van der Waals surface area (Å²) in [5.41, 5.74) is -2.79. The number of hydrogen-bond donors (Lipinski definition) is 1. The number of allylic oxidation sites excluding steroid dienone is 1. The Kier molecular flexibility index (Phi) is 8.19. The van der Waals surface area contributed by atoms with Crippen molar-refractivity contribution in [2.24, 2.45) is 22.7 Å². The van der Waals surface area contributed by atoms with Crippen LogP contribution >= 0.6 is 11.8 Å². The van der Waals surface area contributed by atoms with Gasteiger partial charge in [-0.1, -0.05) is 38.1 Å². The number of aromatic nitrogens is 3. The molecule has 3 aliphatic carbocycles. The number of hydrogen-bond acceptors (Lipinski definition) is 9. The highest BCUT2D eigenvalue weighted by Gasteiger charge is 2.70. The van der Waals surface area contributed by atoms with Crippen LogP contribution in [0.2, 0.25) is 0 Å². The fourth-order valence-corrected chi connectivity index (χ4v) is 9.45. The third-order valence-electron chi connectivity index (χ3n) is 11.0. The number of pyridine rings is 1. The molecule has 0 aromatic carbocycles. The maximum Gasteiger partial charge on any atom is 0.312 e. The van der Waals surface area contributed by atoms with Gasteiger partial charge in [0.1, 0.15) is 5.67 Å². The standard InChI is InChI=1S/C33H38F2N4O5S/c1-4-32(29(42)45-12-10-36,44-28(41)20-9-11-43-19-20)30(2)15-23-6-5-22-13-25-21(14-31(22,3)33(23,35)26(40)16-30)17-38-39(25)24-7-8-27(34)37-18-24/h7-8,13,17-18,20,23,26,40H,4-6,9,11-12,14-16,19H2,1-3H3. The monoisotopic (exact) mass is 640 g/mol. The van der Waals surface area contributed by atoms with E-state index in [1.807, 2.05) is 26.0 Å². The van der Waals surface area contributed by atoms with Crippen LogP contribution in [0.1, 0.15) is 70.6 Å². The van der Waals surface area contributed by atoms with E-state index in [9.17, 15) is 24.3 Å². The summed E-state index contributed by atoms with van der Waals surface area (Å²) in [6, 6.07) is 4.83. The molecule has 7 atom stereocenters. The third-order valence-corrected chi connectivity index (χ3v) is 11.9. The van der Waals surface area contributed by atoms with Gasteiger partial charge >= 0.3 is 5.97 Å².